The van der Waals surface area contributed by atoms with Gasteiger partial charge in [-0.2, -0.15) is 0 Å². The highest BCUT2D eigenvalue weighted by Crippen LogP contribution is 2.29. The molecule has 0 heterocycles. The molecule has 0 fully saturated rings. The molecule has 0 saturated carbocycles. The van der Waals surface area contributed by atoms with Crippen LogP contribution in [0.5, 0.6) is 0 Å². The Morgan fingerprint density at radius 1 is 0.724 bits per heavy atom. The van der Waals surface area contributed by atoms with Crippen LogP contribution < -0.4 is 0 Å². The fourth-order valence-corrected chi connectivity index (χ4v) is 5.80. The van der Waals surface area contributed by atoms with Crippen LogP contribution in [0.15, 0.2) is 0 Å². The summed E-state index contributed by atoms with van der Waals surface area (Å²) < 4.78 is 28.0. The molecule has 0 rings (SSSR count). The highest BCUT2D eigenvalue weighted by atomic mass is 28.4. The minimum Gasteiger partial charge on any atom is -0.466 e. The number of carbonyl (C=O) groups excluding carboxylic acids is 2. The van der Waals surface area contributed by atoms with E-state index in [1.807, 2.05) is 20.8 Å². The minimum absolute atomic E-state index is 0.0926. The Labute approximate surface area is 177 Å². The zero-order chi connectivity index (χ0) is 22.1. The molecule has 0 saturated heterocycles. The van der Waals surface area contributed by atoms with Gasteiger partial charge in [0, 0.05) is 38.5 Å². The molecular formula is C20H41NO7Si. The van der Waals surface area contributed by atoms with Gasteiger partial charge in [0.15, 0.2) is 0 Å². The maximum Gasteiger partial charge on any atom is 0.503 e. The van der Waals surface area contributed by atoms with Gasteiger partial charge in [0.2, 0.25) is 0 Å². The molecule has 0 aliphatic carbocycles. The quantitative estimate of drug-likeness (QED) is 0.240. The molecule has 1 unspecified atom stereocenters. The molecule has 9 heteroatoms. The van der Waals surface area contributed by atoms with E-state index in [-0.39, 0.29) is 30.3 Å². The van der Waals surface area contributed by atoms with Crippen molar-refractivity contribution in [2.45, 2.75) is 66.3 Å². The van der Waals surface area contributed by atoms with Crippen molar-refractivity contribution in [2.24, 2.45) is 0 Å². The summed E-state index contributed by atoms with van der Waals surface area (Å²) >= 11 is 0. The predicted molar refractivity (Wildman–Crippen MR) is 114 cm³/mol. The SMILES string of the molecule is CCOC(=O)CCN(CCC(=O)OCC)CCC(C)[Si](OCC)(OCC)OCC. The van der Waals surface area contributed by atoms with Crippen molar-refractivity contribution >= 4 is 20.7 Å². The van der Waals surface area contributed by atoms with E-state index < -0.39 is 8.80 Å². The number of rotatable bonds is 18. The summed E-state index contributed by atoms with van der Waals surface area (Å²) in [6, 6.07) is 0. The summed E-state index contributed by atoms with van der Waals surface area (Å²) in [5, 5.41) is 0. The Bertz CT molecular complexity index is 412. The second-order valence-electron chi connectivity index (χ2n) is 6.54. The molecule has 8 nitrogen and oxygen atoms in total. The Morgan fingerprint density at radius 2 is 1.14 bits per heavy atom. The maximum atomic E-state index is 11.7. The molecule has 0 amide bonds. The first kappa shape index (κ1) is 28.0. The summed E-state index contributed by atoms with van der Waals surface area (Å²) in [5.74, 6) is -0.466. The van der Waals surface area contributed by atoms with Gasteiger partial charge in [-0.05, 0) is 47.6 Å². The highest BCUT2D eigenvalue weighted by molar-refractivity contribution is 6.62. The van der Waals surface area contributed by atoms with E-state index in [0.717, 1.165) is 6.42 Å². The van der Waals surface area contributed by atoms with E-state index in [0.29, 0.717) is 52.7 Å². The molecule has 172 valence electrons. The largest absolute Gasteiger partial charge is 0.503 e. The van der Waals surface area contributed by atoms with Gasteiger partial charge in [-0.25, -0.2) is 0 Å². The smallest absolute Gasteiger partial charge is 0.466 e. The lowest BCUT2D eigenvalue weighted by atomic mass is 10.2. The summed E-state index contributed by atoms with van der Waals surface area (Å²) in [6.07, 6.45) is 1.35. The minimum atomic E-state index is -2.79. The van der Waals surface area contributed by atoms with Crippen LogP contribution in [-0.4, -0.2) is 78.3 Å². The topological polar surface area (TPSA) is 83.5 Å². The molecule has 0 N–H and O–H groups in total. The van der Waals surface area contributed by atoms with Gasteiger partial charge in [0.1, 0.15) is 0 Å². The maximum absolute atomic E-state index is 11.7. The van der Waals surface area contributed by atoms with Crippen LogP contribution in [0, 0.1) is 0 Å². The fraction of sp³-hybridized carbons (Fsp3) is 0.900. The summed E-state index contributed by atoms with van der Waals surface area (Å²) in [7, 11) is -2.79. The Hall–Kier alpha value is -1.00. The van der Waals surface area contributed by atoms with E-state index in [2.05, 4.69) is 11.8 Å². The number of hydrogen-bond acceptors (Lipinski definition) is 8. The fourth-order valence-electron chi connectivity index (χ4n) is 3.01. The van der Waals surface area contributed by atoms with Crippen molar-refractivity contribution in [3.63, 3.8) is 0 Å². The third kappa shape index (κ3) is 11.7. The first-order chi connectivity index (χ1) is 13.9. The van der Waals surface area contributed by atoms with E-state index in [1.54, 1.807) is 13.8 Å². The normalized spacial score (nSPS) is 12.8. The van der Waals surface area contributed by atoms with Gasteiger partial charge in [0.05, 0.1) is 26.1 Å². The number of hydrogen-bond donors (Lipinski definition) is 0. The van der Waals surface area contributed by atoms with Gasteiger partial charge in [0.25, 0.3) is 0 Å². The molecule has 1 atom stereocenters. The van der Waals surface area contributed by atoms with Crippen LogP contribution in [0.25, 0.3) is 0 Å². The predicted octanol–water partition coefficient (Wildman–Crippen LogP) is 3.02. The average Bonchev–Trinajstić information content (AvgIpc) is 2.68. The molecular weight excluding hydrogens is 394 g/mol. The van der Waals surface area contributed by atoms with Gasteiger partial charge < -0.3 is 27.7 Å². The first-order valence-corrected chi connectivity index (χ1v) is 12.6. The monoisotopic (exact) mass is 435 g/mol. The zero-order valence-electron chi connectivity index (χ0n) is 19.2. The lowest BCUT2D eigenvalue weighted by molar-refractivity contribution is -0.143. The average molecular weight is 436 g/mol. The van der Waals surface area contributed by atoms with E-state index in [4.69, 9.17) is 22.8 Å². The van der Waals surface area contributed by atoms with E-state index in [1.165, 1.54) is 0 Å². The molecule has 0 radical (unpaired) electrons. The molecule has 0 aromatic rings. The number of carbonyl (C=O) groups is 2. The third-order valence-corrected chi connectivity index (χ3v) is 7.96. The van der Waals surface area contributed by atoms with Gasteiger partial charge in [-0.1, -0.05) is 6.92 Å². The number of ether oxygens (including phenoxy) is 2. The van der Waals surface area contributed by atoms with Crippen molar-refractivity contribution in [1.29, 1.82) is 0 Å². The van der Waals surface area contributed by atoms with Crippen LogP contribution in [0.1, 0.15) is 60.8 Å². The van der Waals surface area contributed by atoms with Crippen molar-refractivity contribution in [3.8, 4) is 0 Å². The Kier molecular flexibility index (Phi) is 16.2. The molecule has 0 aliphatic heterocycles. The van der Waals surface area contributed by atoms with E-state index in [9.17, 15) is 9.59 Å². The van der Waals surface area contributed by atoms with Crippen LogP contribution in [-0.2, 0) is 32.3 Å². The van der Waals surface area contributed by atoms with Crippen LogP contribution in [0.4, 0.5) is 0 Å². The van der Waals surface area contributed by atoms with Crippen molar-refractivity contribution in [3.05, 3.63) is 0 Å². The van der Waals surface area contributed by atoms with Gasteiger partial charge >= 0.3 is 20.7 Å². The summed E-state index contributed by atoms with van der Waals surface area (Å²) in [5.41, 5.74) is 0.0926. The van der Waals surface area contributed by atoms with Crippen molar-refractivity contribution in [1.82, 2.24) is 4.90 Å². The van der Waals surface area contributed by atoms with Crippen molar-refractivity contribution in [2.75, 3.05) is 52.7 Å². The number of nitrogens with zero attached hydrogens (tertiary/aromatic N) is 1. The summed E-state index contributed by atoms with van der Waals surface area (Å²) in [6.45, 7) is 15.6. The Morgan fingerprint density at radius 3 is 1.48 bits per heavy atom. The van der Waals surface area contributed by atoms with E-state index >= 15 is 0 Å². The van der Waals surface area contributed by atoms with Gasteiger partial charge in [-0.3, -0.25) is 9.59 Å². The van der Waals surface area contributed by atoms with Gasteiger partial charge in [-0.15, -0.1) is 0 Å². The molecule has 0 bridgehead atoms. The number of esters is 2. The van der Waals surface area contributed by atoms with Crippen LogP contribution in [0.2, 0.25) is 5.54 Å². The van der Waals surface area contributed by atoms with Crippen LogP contribution >= 0.6 is 0 Å². The first-order valence-electron chi connectivity index (χ1n) is 10.8. The lowest BCUT2D eigenvalue weighted by Crippen LogP contribution is -2.50. The molecule has 0 aliphatic rings. The molecule has 0 aromatic carbocycles. The Balaban J connectivity index is 4.97. The lowest BCUT2D eigenvalue weighted by Gasteiger charge is -2.34. The second-order valence-corrected chi connectivity index (χ2v) is 9.60. The zero-order valence-corrected chi connectivity index (χ0v) is 20.2. The van der Waals surface area contributed by atoms with Crippen LogP contribution in [0.3, 0.4) is 0 Å². The summed E-state index contributed by atoms with van der Waals surface area (Å²) in [4.78, 5) is 25.6. The van der Waals surface area contributed by atoms with Crippen molar-refractivity contribution < 1.29 is 32.3 Å². The third-order valence-electron chi connectivity index (χ3n) is 4.39. The molecule has 29 heavy (non-hydrogen) atoms. The second kappa shape index (κ2) is 16.8. The molecule has 0 spiro atoms. The molecule has 0 aromatic heterocycles. The standard InChI is InChI=1S/C20H41NO7Si/c1-7-24-19(22)13-16-21(17-14-20(23)25-8-2)15-12-18(6)29(26-9-3,27-10-4)28-11-5/h18H,7-17H2,1-6H3. The highest BCUT2D eigenvalue weighted by Gasteiger charge is 2.46.